The second kappa shape index (κ2) is 6.23. The highest BCUT2D eigenvalue weighted by molar-refractivity contribution is 5.78. The molecule has 0 aliphatic carbocycles. The molecular formula is C13H16O6. The fourth-order valence-electron chi connectivity index (χ4n) is 2.11. The molecule has 0 unspecified atom stereocenters. The number of aliphatic hydroxyl groups is 3. The third-order valence-electron chi connectivity index (χ3n) is 3.21. The average molecular weight is 268 g/mol. The molecule has 0 spiro atoms. The average Bonchev–Trinajstić information content (AvgIpc) is 2.48. The first-order valence-corrected chi connectivity index (χ1v) is 5.98. The zero-order chi connectivity index (χ0) is 13.8. The number of rotatable bonds is 2. The number of hydrogen-bond donors (Lipinski definition) is 3. The molecule has 6 heteroatoms. The maximum absolute atomic E-state index is 11.0. The summed E-state index contributed by atoms with van der Waals surface area (Å²) in [7, 11) is 0. The van der Waals surface area contributed by atoms with Crippen molar-refractivity contribution in [2.24, 2.45) is 0 Å². The van der Waals surface area contributed by atoms with E-state index in [4.69, 9.17) is 14.9 Å². The Morgan fingerprint density at radius 2 is 2.16 bits per heavy atom. The van der Waals surface area contributed by atoms with E-state index in [0.717, 1.165) is 0 Å². The lowest BCUT2D eigenvalue weighted by molar-refractivity contribution is -0.353. The number of fused-ring (bicyclic) bond motifs is 1. The Balaban J connectivity index is 2.34. The smallest absolute Gasteiger partial charge is 0.150 e. The van der Waals surface area contributed by atoms with Crippen molar-refractivity contribution in [1.82, 2.24) is 0 Å². The summed E-state index contributed by atoms with van der Waals surface area (Å²) in [5.74, 6) is 0. The summed E-state index contributed by atoms with van der Waals surface area (Å²) in [6, 6.07) is 5.09. The highest BCUT2D eigenvalue weighted by Gasteiger charge is 2.30. The second-order valence-electron chi connectivity index (χ2n) is 4.44. The van der Waals surface area contributed by atoms with E-state index in [0.29, 0.717) is 23.0 Å². The van der Waals surface area contributed by atoms with Crippen molar-refractivity contribution in [3.63, 3.8) is 0 Å². The summed E-state index contributed by atoms with van der Waals surface area (Å²) in [6.45, 7) is -0.401. The van der Waals surface area contributed by atoms with Gasteiger partial charge < -0.3 is 15.3 Å². The molecule has 2 rings (SSSR count). The molecule has 19 heavy (non-hydrogen) atoms. The van der Waals surface area contributed by atoms with Gasteiger partial charge in [-0.3, -0.25) is 4.79 Å². The van der Waals surface area contributed by atoms with Crippen LogP contribution in [0.1, 0.15) is 21.5 Å². The molecule has 0 radical (unpaired) electrons. The lowest BCUT2D eigenvalue weighted by Gasteiger charge is -2.23. The van der Waals surface area contributed by atoms with Gasteiger partial charge in [-0.05, 0) is 11.1 Å². The SMILES string of the molecule is O=Cc1cccc2c1C[C@@H](O)[C@H](O)[C@@H](CO)OOC2. The van der Waals surface area contributed by atoms with Crippen LogP contribution in [0.2, 0.25) is 0 Å². The van der Waals surface area contributed by atoms with Crippen molar-refractivity contribution in [3.05, 3.63) is 34.9 Å². The maximum atomic E-state index is 11.0. The van der Waals surface area contributed by atoms with Gasteiger partial charge in [-0.1, -0.05) is 18.2 Å². The topological polar surface area (TPSA) is 96.2 Å². The highest BCUT2D eigenvalue weighted by atomic mass is 17.2. The van der Waals surface area contributed by atoms with Crippen molar-refractivity contribution in [2.75, 3.05) is 6.61 Å². The second-order valence-corrected chi connectivity index (χ2v) is 4.44. The van der Waals surface area contributed by atoms with Crippen LogP contribution in [-0.4, -0.2) is 46.5 Å². The van der Waals surface area contributed by atoms with Gasteiger partial charge in [0.2, 0.25) is 0 Å². The minimum absolute atomic E-state index is 0.0763. The zero-order valence-electron chi connectivity index (χ0n) is 10.2. The van der Waals surface area contributed by atoms with Crippen LogP contribution in [0, 0.1) is 0 Å². The minimum Gasteiger partial charge on any atom is -0.393 e. The Kier molecular flexibility index (Phi) is 4.62. The van der Waals surface area contributed by atoms with Crippen LogP contribution in [0.15, 0.2) is 18.2 Å². The first kappa shape index (κ1) is 14.1. The molecule has 1 aromatic carbocycles. The van der Waals surface area contributed by atoms with E-state index < -0.39 is 24.9 Å². The first-order chi connectivity index (χ1) is 9.17. The van der Waals surface area contributed by atoms with E-state index in [1.54, 1.807) is 18.2 Å². The summed E-state index contributed by atoms with van der Waals surface area (Å²) in [4.78, 5) is 20.8. The molecule has 6 nitrogen and oxygen atoms in total. The Morgan fingerprint density at radius 1 is 1.37 bits per heavy atom. The van der Waals surface area contributed by atoms with E-state index in [1.165, 1.54) is 0 Å². The molecule has 1 aliphatic heterocycles. The molecule has 0 bridgehead atoms. The third-order valence-corrected chi connectivity index (χ3v) is 3.21. The number of carbonyl (C=O) groups is 1. The number of hydrogen-bond acceptors (Lipinski definition) is 6. The Labute approximate surface area is 110 Å². The van der Waals surface area contributed by atoms with Gasteiger partial charge in [0.25, 0.3) is 0 Å². The molecule has 0 saturated heterocycles. The van der Waals surface area contributed by atoms with Gasteiger partial charge in [-0.15, -0.1) is 0 Å². The van der Waals surface area contributed by atoms with Crippen molar-refractivity contribution >= 4 is 6.29 Å². The quantitative estimate of drug-likeness (QED) is 0.498. The predicted octanol–water partition coefficient (Wildman–Crippen LogP) is -0.414. The van der Waals surface area contributed by atoms with Gasteiger partial charge in [0.05, 0.1) is 12.7 Å². The van der Waals surface area contributed by atoms with Crippen LogP contribution in [0.3, 0.4) is 0 Å². The zero-order valence-corrected chi connectivity index (χ0v) is 10.2. The van der Waals surface area contributed by atoms with Crippen molar-refractivity contribution in [2.45, 2.75) is 31.3 Å². The fourth-order valence-corrected chi connectivity index (χ4v) is 2.11. The summed E-state index contributed by atoms with van der Waals surface area (Å²) in [5.41, 5.74) is 1.76. The van der Waals surface area contributed by atoms with E-state index in [2.05, 4.69) is 0 Å². The lowest BCUT2D eigenvalue weighted by atomic mass is 9.94. The molecule has 0 aromatic heterocycles. The van der Waals surface area contributed by atoms with Crippen LogP contribution in [0.4, 0.5) is 0 Å². The summed E-state index contributed by atoms with van der Waals surface area (Å²) in [6.07, 6.45) is -2.69. The number of aldehydes is 1. The standard InChI is InChI=1S/C13H16O6/c14-5-8-2-1-3-9-7-18-19-12(6-15)13(17)11(16)4-10(8)9/h1-3,5,11-13,15-17H,4,6-7H2/t11-,12-,13+/m1/s1. The van der Waals surface area contributed by atoms with Crippen molar-refractivity contribution < 1.29 is 29.9 Å². The van der Waals surface area contributed by atoms with Gasteiger partial charge in [-0.2, -0.15) is 0 Å². The Hall–Kier alpha value is -1.31. The van der Waals surface area contributed by atoms with Crippen LogP contribution in [0.25, 0.3) is 0 Å². The Morgan fingerprint density at radius 3 is 2.84 bits per heavy atom. The van der Waals surface area contributed by atoms with Gasteiger partial charge in [-0.25, -0.2) is 9.78 Å². The lowest BCUT2D eigenvalue weighted by Crippen LogP contribution is -2.42. The summed E-state index contributed by atoms with van der Waals surface area (Å²) >= 11 is 0. The van der Waals surface area contributed by atoms with Crippen LogP contribution in [-0.2, 0) is 22.8 Å². The third kappa shape index (κ3) is 2.99. The molecule has 0 saturated carbocycles. The normalized spacial score (nSPS) is 27.8. The monoisotopic (exact) mass is 268 g/mol. The van der Waals surface area contributed by atoms with Crippen LogP contribution < -0.4 is 0 Å². The van der Waals surface area contributed by atoms with Gasteiger partial charge in [0, 0.05) is 12.0 Å². The van der Waals surface area contributed by atoms with Crippen molar-refractivity contribution in [1.29, 1.82) is 0 Å². The predicted molar refractivity (Wildman–Crippen MR) is 64.3 cm³/mol. The summed E-state index contributed by atoms with van der Waals surface area (Å²) < 4.78 is 0. The van der Waals surface area contributed by atoms with Crippen molar-refractivity contribution in [3.8, 4) is 0 Å². The molecular weight excluding hydrogens is 252 g/mol. The van der Waals surface area contributed by atoms with E-state index in [-0.39, 0.29) is 13.0 Å². The van der Waals surface area contributed by atoms with Gasteiger partial charge in [0.1, 0.15) is 25.1 Å². The van der Waals surface area contributed by atoms with E-state index in [9.17, 15) is 15.0 Å². The highest BCUT2D eigenvalue weighted by Crippen LogP contribution is 2.21. The largest absolute Gasteiger partial charge is 0.393 e. The van der Waals surface area contributed by atoms with E-state index >= 15 is 0 Å². The molecule has 1 aromatic rings. The van der Waals surface area contributed by atoms with Crippen LogP contribution >= 0.6 is 0 Å². The van der Waals surface area contributed by atoms with Gasteiger partial charge >= 0.3 is 0 Å². The first-order valence-electron chi connectivity index (χ1n) is 5.98. The van der Waals surface area contributed by atoms with E-state index in [1.807, 2.05) is 0 Å². The summed E-state index contributed by atoms with van der Waals surface area (Å²) in [5, 5.41) is 28.9. The number of aliphatic hydroxyl groups excluding tert-OH is 3. The van der Waals surface area contributed by atoms with Crippen LogP contribution in [0.5, 0.6) is 0 Å². The molecule has 0 fully saturated rings. The fraction of sp³-hybridized carbons (Fsp3) is 0.462. The Bertz CT molecular complexity index is 447. The maximum Gasteiger partial charge on any atom is 0.150 e. The molecule has 1 aliphatic rings. The molecule has 3 atom stereocenters. The number of benzene rings is 1. The molecule has 104 valence electrons. The number of carbonyl (C=O) groups excluding carboxylic acids is 1. The molecule has 1 heterocycles. The van der Waals surface area contributed by atoms with Gasteiger partial charge in [0.15, 0.2) is 0 Å². The minimum atomic E-state index is -1.30. The molecule has 3 N–H and O–H groups in total. The molecule has 0 amide bonds.